The van der Waals surface area contributed by atoms with Crippen LogP contribution in [0.4, 0.5) is 0 Å². The van der Waals surface area contributed by atoms with Gasteiger partial charge < -0.3 is 0 Å². The molecule has 0 amide bonds. The minimum atomic E-state index is 0.544. The van der Waals surface area contributed by atoms with Gasteiger partial charge in [0.25, 0.3) is 0 Å². The van der Waals surface area contributed by atoms with E-state index in [2.05, 4.69) is 6.07 Å². The fourth-order valence-electron chi connectivity index (χ4n) is 1.31. The normalized spacial score (nSPS) is 12.1. The van der Waals surface area contributed by atoms with Gasteiger partial charge in [0.1, 0.15) is 6.07 Å². The molecule has 0 aromatic carbocycles. The monoisotopic (exact) mass is 265 g/mol. The van der Waals surface area contributed by atoms with Gasteiger partial charge in [-0.2, -0.15) is 5.26 Å². The molecule has 0 aliphatic rings. The van der Waals surface area contributed by atoms with Gasteiger partial charge in [0.05, 0.1) is 10.6 Å². The van der Waals surface area contributed by atoms with Crippen molar-refractivity contribution in [1.82, 2.24) is 0 Å². The van der Waals surface area contributed by atoms with E-state index in [1.165, 1.54) is 16.2 Å². The van der Waals surface area contributed by atoms with Gasteiger partial charge in [0.15, 0.2) is 0 Å². The standard InChI is InChI=1S/C12H8ClNS2/c1-8-4-5-11(16-8)12(13)9(7-14)10-3-2-6-15-10/h2-6H,1H3. The largest absolute Gasteiger partial charge is 0.192 e. The molecule has 80 valence electrons. The molecule has 2 heterocycles. The topological polar surface area (TPSA) is 23.8 Å². The van der Waals surface area contributed by atoms with Crippen molar-refractivity contribution in [1.29, 1.82) is 5.26 Å². The summed E-state index contributed by atoms with van der Waals surface area (Å²) in [4.78, 5) is 3.05. The molecule has 0 radical (unpaired) electrons. The molecule has 0 saturated heterocycles. The zero-order valence-electron chi connectivity index (χ0n) is 8.53. The Morgan fingerprint density at radius 2 is 2.12 bits per heavy atom. The van der Waals surface area contributed by atoms with Crippen molar-refractivity contribution in [2.45, 2.75) is 6.92 Å². The fraction of sp³-hybridized carbons (Fsp3) is 0.0833. The van der Waals surface area contributed by atoms with Crippen LogP contribution < -0.4 is 0 Å². The van der Waals surface area contributed by atoms with Gasteiger partial charge in [-0.15, -0.1) is 22.7 Å². The lowest BCUT2D eigenvalue weighted by Crippen LogP contribution is -1.79. The maximum absolute atomic E-state index is 9.16. The molecule has 0 atom stereocenters. The lowest BCUT2D eigenvalue weighted by atomic mass is 10.2. The quantitative estimate of drug-likeness (QED) is 0.719. The SMILES string of the molecule is Cc1ccc(C(Cl)=C(C#N)c2cccs2)s1. The Kier molecular flexibility index (Phi) is 3.45. The van der Waals surface area contributed by atoms with Gasteiger partial charge in [0, 0.05) is 14.6 Å². The van der Waals surface area contributed by atoms with E-state index < -0.39 is 0 Å². The summed E-state index contributed by atoms with van der Waals surface area (Å²) in [7, 11) is 0. The second-order valence-corrected chi connectivity index (χ2v) is 5.80. The number of hydrogen-bond donors (Lipinski definition) is 0. The molecule has 0 aliphatic carbocycles. The molecule has 2 aromatic rings. The van der Waals surface area contributed by atoms with Crippen molar-refractivity contribution in [2.24, 2.45) is 0 Å². The third-order valence-electron chi connectivity index (χ3n) is 2.06. The van der Waals surface area contributed by atoms with Crippen LogP contribution in [0.1, 0.15) is 14.6 Å². The predicted octanol–water partition coefficient (Wildman–Crippen LogP) is 4.75. The molecule has 0 fully saturated rings. The Hall–Kier alpha value is -1.08. The summed E-state index contributed by atoms with van der Waals surface area (Å²) in [5.74, 6) is 0. The van der Waals surface area contributed by atoms with E-state index in [1.54, 1.807) is 11.3 Å². The summed E-state index contributed by atoms with van der Waals surface area (Å²) in [5, 5.41) is 11.6. The number of aryl methyl sites for hydroxylation is 1. The molecular formula is C12H8ClNS2. The minimum absolute atomic E-state index is 0.544. The molecule has 16 heavy (non-hydrogen) atoms. The van der Waals surface area contributed by atoms with E-state index >= 15 is 0 Å². The molecule has 0 bridgehead atoms. The first-order chi connectivity index (χ1) is 7.72. The molecule has 2 aromatic heterocycles. The van der Waals surface area contributed by atoms with Crippen molar-refractivity contribution in [2.75, 3.05) is 0 Å². The van der Waals surface area contributed by atoms with Crippen LogP contribution >= 0.6 is 34.3 Å². The fourth-order valence-corrected chi connectivity index (χ4v) is 3.22. The van der Waals surface area contributed by atoms with Gasteiger partial charge >= 0.3 is 0 Å². The molecule has 0 aliphatic heterocycles. The molecule has 2 rings (SSSR count). The van der Waals surface area contributed by atoms with Gasteiger partial charge in [-0.25, -0.2) is 0 Å². The van der Waals surface area contributed by atoms with Crippen molar-refractivity contribution < 1.29 is 0 Å². The van der Waals surface area contributed by atoms with Crippen molar-refractivity contribution in [3.8, 4) is 6.07 Å². The van der Waals surface area contributed by atoms with E-state index in [0.717, 1.165) is 9.75 Å². The summed E-state index contributed by atoms with van der Waals surface area (Å²) >= 11 is 9.38. The van der Waals surface area contributed by atoms with Crippen molar-refractivity contribution in [3.05, 3.63) is 44.3 Å². The van der Waals surface area contributed by atoms with Gasteiger partial charge in [-0.3, -0.25) is 0 Å². The smallest absolute Gasteiger partial charge is 0.102 e. The van der Waals surface area contributed by atoms with E-state index in [1.807, 2.05) is 36.6 Å². The van der Waals surface area contributed by atoms with Gasteiger partial charge in [0.2, 0.25) is 0 Å². The average Bonchev–Trinajstić information content (AvgIpc) is 2.90. The predicted molar refractivity (Wildman–Crippen MR) is 71.7 cm³/mol. The third-order valence-corrected chi connectivity index (χ3v) is 4.47. The number of hydrogen-bond acceptors (Lipinski definition) is 3. The van der Waals surface area contributed by atoms with Crippen LogP contribution in [-0.2, 0) is 0 Å². The van der Waals surface area contributed by atoms with Gasteiger partial charge in [-0.1, -0.05) is 17.7 Å². The molecule has 0 saturated carbocycles. The van der Waals surface area contributed by atoms with Crippen LogP contribution in [0.3, 0.4) is 0 Å². The van der Waals surface area contributed by atoms with Crippen molar-refractivity contribution in [3.63, 3.8) is 0 Å². The molecule has 0 unspecified atom stereocenters. The summed E-state index contributed by atoms with van der Waals surface area (Å²) in [6, 6.07) is 9.96. The van der Waals surface area contributed by atoms with E-state index in [0.29, 0.717) is 10.6 Å². The highest BCUT2D eigenvalue weighted by atomic mass is 35.5. The Bertz CT molecular complexity index is 558. The maximum Gasteiger partial charge on any atom is 0.102 e. The first-order valence-electron chi connectivity index (χ1n) is 4.63. The zero-order chi connectivity index (χ0) is 11.5. The maximum atomic E-state index is 9.16. The number of rotatable bonds is 2. The van der Waals surface area contributed by atoms with Crippen LogP contribution in [0.2, 0.25) is 0 Å². The van der Waals surface area contributed by atoms with Crippen LogP contribution in [-0.4, -0.2) is 0 Å². The Labute approximate surface area is 107 Å². The Morgan fingerprint density at radius 3 is 2.62 bits per heavy atom. The first-order valence-corrected chi connectivity index (χ1v) is 6.70. The third kappa shape index (κ3) is 2.19. The lowest BCUT2D eigenvalue weighted by Gasteiger charge is -1.98. The first kappa shape index (κ1) is 11.4. The number of allylic oxidation sites excluding steroid dienone is 1. The number of nitriles is 1. The van der Waals surface area contributed by atoms with Gasteiger partial charge in [-0.05, 0) is 30.5 Å². The second-order valence-electron chi connectivity index (χ2n) is 3.19. The highest BCUT2D eigenvalue weighted by molar-refractivity contribution is 7.14. The number of halogens is 1. The summed E-state index contributed by atoms with van der Waals surface area (Å²) in [6.07, 6.45) is 0. The summed E-state index contributed by atoms with van der Waals surface area (Å²) in [6.45, 7) is 2.02. The summed E-state index contributed by atoms with van der Waals surface area (Å²) in [5.41, 5.74) is 0.554. The Balaban J connectivity index is 2.51. The van der Waals surface area contributed by atoms with Crippen molar-refractivity contribution >= 4 is 44.9 Å². The highest BCUT2D eigenvalue weighted by Gasteiger charge is 2.11. The molecular weight excluding hydrogens is 258 g/mol. The Morgan fingerprint density at radius 1 is 1.31 bits per heavy atom. The molecule has 0 N–H and O–H groups in total. The van der Waals surface area contributed by atoms with E-state index in [4.69, 9.17) is 16.9 Å². The second kappa shape index (κ2) is 4.84. The highest BCUT2D eigenvalue weighted by Crippen LogP contribution is 2.34. The summed E-state index contributed by atoms with van der Waals surface area (Å²) < 4.78 is 0. The van der Waals surface area contributed by atoms with Crippen LogP contribution in [0.15, 0.2) is 29.6 Å². The average molecular weight is 266 g/mol. The van der Waals surface area contributed by atoms with E-state index in [-0.39, 0.29) is 0 Å². The minimum Gasteiger partial charge on any atom is -0.192 e. The van der Waals surface area contributed by atoms with Crippen LogP contribution in [0.25, 0.3) is 10.6 Å². The molecule has 4 heteroatoms. The molecule has 0 spiro atoms. The van der Waals surface area contributed by atoms with E-state index in [9.17, 15) is 0 Å². The number of nitrogens with zero attached hydrogens (tertiary/aromatic N) is 1. The zero-order valence-corrected chi connectivity index (χ0v) is 10.9. The lowest BCUT2D eigenvalue weighted by molar-refractivity contribution is 1.54. The van der Waals surface area contributed by atoms with Crippen LogP contribution in [0.5, 0.6) is 0 Å². The van der Waals surface area contributed by atoms with Crippen LogP contribution in [0, 0.1) is 18.3 Å². The number of thiophene rings is 2. The molecule has 1 nitrogen and oxygen atoms in total.